The molecule has 0 aromatic heterocycles. The number of nitrogens with zero attached hydrogens (tertiary/aromatic N) is 1. The molecule has 1 aliphatic carbocycles. The van der Waals surface area contributed by atoms with Crippen molar-refractivity contribution in [3.8, 4) is 0 Å². The van der Waals surface area contributed by atoms with Crippen LogP contribution in [-0.4, -0.2) is 47.7 Å². The Bertz CT molecular complexity index is 616. The van der Waals surface area contributed by atoms with Crippen molar-refractivity contribution < 1.29 is 19.4 Å². The van der Waals surface area contributed by atoms with Crippen LogP contribution >= 0.6 is 23.2 Å². The van der Waals surface area contributed by atoms with Crippen molar-refractivity contribution in [3.63, 3.8) is 0 Å². The first kappa shape index (κ1) is 16.6. The number of hydrogen-bond acceptors (Lipinski definition) is 3. The van der Waals surface area contributed by atoms with Gasteiger partial charge in [0.2, 0.25) is 5.91 Å². The van der Waals surface area contributed by atoms with Crippen LogP contribution in [0.25, 0.3) is 0 Å². The van der Waals surface area contributed by atoms with Gasteiger partial charge in [0.15, 0.2) is 0 Å². The van der Waals surface area contributed by atoms with Gasteiger partial charge in [-0.2, -0.15) is 0 Å². The number of benzene rings is 1. The van der Waals surface area contributed by atoms with Crippen molar-refractivity contribution in [2.75, 3.05) is 19.8 Å². The van der Waals surface area contributed by atoms with E-state index >= 15 is 0 Å². The van der Waals surface area contributed by atoms with Gasteiger partial charge >= 0.3 is 5.97 Å². The molecule has 5 nitrogen and oxygen atoms in total. The number of carbonyl (C=O) groups is 2. The van der Waals surface area contributed by atoms with Crippen LogP contribution in [-0.2, 0) is 14.3 Å². The third-order valence-corrected chi connectivity index (χ3v) is 4.78. The van der Waals surface area contributed by atoms with Gasteiger partial charge in [-0.05, 0) is 36.1 Å². The number of rotatable bonds is 4. The molecule has 2 aliphatic rings. The van der Waals surface area contributed by atoms with Crippen LogP contribution in [0.3, 0.4) is 0 Å². The highest BCUT2D eigenvalue weighted by atomic mass is 35.5. The lowest BCUT2D eigenvalue weighted by molar-refractivity contribution is -0.147. The molecule has 3 rings (SSSR count). The Labute approximate surface area is 144 Å². The first-order valence-electron chi connectivity index (χ1n) is 7.51. The molecule has 1 aromatic rings. The average Bonchev–Trinajstić information content (AvgIpc) is 3.26. The minimum absolute atomic E-state index is 0.000600. The Hall–Kier alpha value is -1.30. The van der Waals surface area contributed by atoms with Crippen LogP contribution in [0, 0.1) is 5.92 Å². The molecule has 7 heteroatoms. The van der Waals surface area contributed by atoms with Crippen molar-refractivity contribution in [2.24, 2.45) is 5.92 Å². The third kappa shape index (κ3) is 3.79. The fourth-order valence-corrected chi connectivity index (χ4v) is 3.70. The van der Waals surface area contributed by atoms with Gasteiger partial charge in [0.25, 0.3) is 0 Å². The van der Waals surface area contributed by atoms with E-state index in [0.29, 0.717) is 23.2 Å². The zero-order valence-corrected chi connectivity index (χ0v) is 13.9. The van der Waals surface area contributed by atoms with E-state index in [1.165, 1.54) is 0 Å². The first-order chi connectivity index (χ1) is 11.0. The highest BCUT2D eigenvalue weighted by Gasteiger charge is 2.47. The van der Waals surface area contributed by atoms with Gasteiger partial charge in [-0.1, -0.05) is 23.2 Å². The van der Waals surface area contributed by atoms with E-state index < -0.39 is 12.0 Å². The van der Waals surface area contributed by atoms with Gasteiger partial charge in [0.05, 0.1) is 25.7 Å². The Morgan fingerprint density at radius 2 is 1.96 bits per heavy atom. The molecule has 1 saturated carbocycles. The highest BCUT2D eigenvalue weighted by Crippen LogP contribution is 2.49. The van der Waals surface area contributed by atoms with Gasteiger partial charge in [-0.15, -0.1) is 0 Å². The zero-order chi connectivity index (χ0) is 16.6. The molecular formula is C16H17Cl2NO4. The van der Waals surface area contributed by atoms with E-state index in [9.17, 15) is 9.59 Å². The Morgan fingerprint density at radius 1 is 1.26 bits per heavy atom. The van der Waals surface area contributed by atoms with Crippen LogP contribution < -0.4 is 0 Å². The number of carboxylic acid groups (broad SMARTS) is 1. The molecule has 0 bridgehead atoms. The molecule has 1 heterocycles. The topological polar surface area (TPSA) is 66.8 Å². The van der Waals surface area contributed by atoms with E-state index in [0.717, 1.165) is 12.0 Å². The van der Waals surface area contributed by atoms with Crippen LogP contribution in [0.15, 0.2) is 18.2 Å². The Morgan fingerprint density at radius 3 is 2.61 bits per heavy atom. The molecular weight excluding hydrogens is 341 g/mol. The smallest absolute Gasteiger partial charge is 0.305 e. The number of aliphatic carboxylic acids is 1. The van der Waals surface area contributed by atoms with Crippen molar-refractivity contribution in [1.29, 1.82) is 0 Å². The maximum atomic E-state index is 12.7. The van der Waals surface area contributed by atoms with Gasteiger partial charge < -0.3 is 14.7 Å². The van der Waals surface area contributed by atoms with Crippen LogP contribution in [0.2, 0.25) is 10.0 Å². The number of carboxylic acids is 1. The van der Waals surface area contributed by atoms with Gasteiger partial charge in [-0.25, -0.2) is 0 Å². The summed E-state index contributed by atoms with van der Waals surface area (Å²) in [6.45, 7) is 1.16. The zero-order valence-electron chi connectivity index (χ0n) is 12.4. The number of ether oxygens (including phenoxy) is 1. The van der Waals surface area contributed by atoms with Crippen LogP contribution in [0.5, 0.6) is 0 Å². The molecule has 1 aliphatic heterocycles. The monoisotopic (exact) mass is 357 g/mol. The van der Waals surface area contributed by atoms with Gasteiger partial charge in [0.1, 0.15) is 0 Å². The second kappa shape index (κ2) is 6.67. The number of amides is 1. The van der Waals surface area contributed by atoms with E-state index in [1.54, 1.807) is 11.0 Å². The third-order valence-electron chi connectivity index (χ3n) is 4.34. The van der Waals surface area contributed by atoms with Crippen molar-refractivity contribution in [2.45, 2.75) is 24.8 Å². The van der Waals surface area contributed by atoms with Crippen LogP contribution in [0.4, 0.5) is 0 Å². The lowest BCUT2D eigenvalue weighted by atomic mass is 10.1. The molecule has 3 unspecified atom stereocenters. The van der Waals surface area contributed by atoms with Crippen molar-refractivity contribution in [1.82, 2.24) is 4.90 Å². The highest BCUT2D eigenvalue weighted by molar-refractivity contribution is 6.34. The molecule has 1 saturated heterocycles. The second-order valence-corrected chi connectivity index (χ2v) is 6.88. The van der Waals surface area contributed by atoms with Crippen LogP contribution in [0.1, 0.15) is 24.3 Å². The van der Waals surface area contributed by atoms with Gasteiger partial charge in [-0.3, -0.25) is 9.59 Å². The average molecular weight is 358 g/mol. The number of carbonyl (C=O) groups excluding carboxylic acids is 1. The fraction of sp³-hybridized carbons (Fsp3) is 0.500. The minimum Gasteiger partial charge on any atom is -0.481 e. The Kier molecular flexibility index (Phi) is 4.80. The largest absolute Gasteiger partial charge is 0.481 e. The summed E-state index contributed by atoms with van der Waals surface area (Å²) in [5.41, 5.74) is 0.962. The first-order valence-corrected chi connectivity index (χ1v) is 8.27. The Balaban J connectivity index is 1.70. The van der Waals surface area contributed by atoms with Crippen molar-refractivity contribution >= 4 is 35.1 Å². The summed E-state index contributed by atoms with van der Waals surface area (Å²) in [5.74, 6) is -0.945. The van der Waals surface area contributed by atoms with E-state index in [4.69, 9.17) is 33.0 Å². The molecule has 23 heavy (non-hydrogen) atoms. The minimum atomic E-state index is -0.924. The summed E-state index contributed by atoms with van der Waals surface area (Å²) in [7, 11) is 0. The summed E-state index contributed by atoms with van der Waals surface area (Å²) in [5, 5.41) is 10.1. The predicted molar refractivity (Wildman–Crippen MR) is 85.9 cm³/mol. The summed E-state index contributed by atoms with van der Waals surface area (Å²) in [6.07, 6.45) is 0.652. The number of halogens is 2. The lowest BCUT2D eigenvalue weighted by Crippen LogP contribution is -2.50. The molecule has 1 amide bonds. The van der Waals surface area contributed by atoms with Crippen molar-refractivity contribution in [3.05, 3.63) is 33.8 Å². The SMILES string of the molecule is O=C(O)CC1COCCN1C(=O)C1CC1c1cc(Cl)cc(Cl)c1. The molecule has 124 valence electrons. The van der Waals surface area contributed by atoms with Gasteiger partial charge in [0, 0.05) is 22.5 Å². The standard InChI is InChI=1S/C16H17Cl2NO4/c17-10-3-9(4-11(18)5-10)13-7-14(13)16(22)19-1-2-23-8-12(19)6-15(20)21/h3-5,12-14H,1-2,6-8H2,(H,20,21). The molecule has 1 aromatic carbocycles. The van der Waals surface area contributed by atoms with E-state index in [-0.39, 0.29) is 30.8 Å². The molecule has 3 atom stereocenters. The fourth-order valence-electron chi connectivity index (χ4n) is 3.15. The quantitative estimate of drug-likeness (QED) is 0.899. The molecule has 0 radical (unpaired) electrons. The second-order valence-electron chi connectivity index (χ2n) is 6.01. The molecule has 1 N–H and O–H groups in total. The summed E-state index contributed by atoms with van der Waals surface area (Å²) < 4.78 is 5.31. The molecule has 0 spiro atoms. The maximum absolute atomic E-state index is 12.7. The maximum Gasteiger partial charge on any atom is 0.305 e. The molecule has 2 fully saturated rings. The number of morpholine rings is 1. The number of hydrogen-bond donors (Lipinski definition) is 1. The predicted octanol–water partition coefficient (Wildman–Crippen LogP) is 2.80. The normalized spacial score (nSPS) is 26.9. The summed E-state index contributed by atoms with van der Waals surface area (Å²) in [6, 6.07) is 4.94. The van der Waals surface area contributed by atoms with E-state index in [2.05, 4.69) is 0 Å². The summed E-state index contributed by atoms with van der Waals surface area (Å²) in [4.78, 5) is 25.3. The summed E-state index contributed by atoms with van der Waals surface area (Å²) >= 11 is 12.0. The van der Waals surface area contributed by atoms with E-state index in [1.807, 2.05) is 12.1 Å². The lowest BCUT2D eigenvalue weighted by Gasteiger charge is -2.35.